The van der Waals surface area contributed by atoms with Crippen LogP contribution in [0.15, 0.2) is 33.9 Å². The zero-order chi connectivity index (χ0) is 37.6. The summed E-state index contributed by atoms with van der Waals surface area (Å²) in [6.07, 6.45) is 18.3. The Labute approximate surface area is 318 Å². The van der Waals surface area contributed by atoms with Crippen molar-refractivity contribution in [3.8, 4) is 11.8 Å². The van der Waals surface area contributed by atoms with Crippen molar-refractivity contribution in [2.75, 3.05) is 23.9 Å². The number of carbonyl (C=O) groups is 1. The lowest BCUT2D eigenvalue weighted by molar-refractivity contribution is -0.122. The van der Waals surface area contributed by atoms with E-state index in [1.54, 1.807) is 14.0 Å². The Kier molecular flexibility index (Phi) is 15.4. The van der Waals surface area contributed by atoms with Crippen LogP contribution in [-0.2, 0) is 24.9 Å². The van der Waals surface area contributed by atoms with Crippen LogP contribution in [0, 0.1) is 18.8 Å². The lowest BCUT2D eigenvalue weighted by Gasteiger charge is -2.34. The Morgan fingerprint density at radius 3 is 2.25 bits per heavy atom. The third-order valence-corrected chi connectivity index (χ3v) is 10.6. The number of carbonyl (C=O) groups excluding carboxylic acids is 1. The van der Waals surface area contributed by atoms with E-state index in [4.69, 9.17) is 16.6 Å². The third-order valence-electron chi connectivity index (χ3n) is 10.4. The number of alkyl halides is 1. The number of amides is 1. The average Bonchev–Trinajstić information content (AvgIpc) is 3.55. The first-order valence-corrected chi connectivity index (χ1v) is 20.3. The molecular weight excluding hydrogens is 688 g/mol. The molecule has 1 saturated heterocycles. The highest BCUT2D eigenvalue weighted by Gasteiger charge is 2.28. The molecule has 3 aromatic heterocycles. The zero-order valence-electron chi connectivity index (χ0n) is 32.0. The number of rotatable bonds is 20. The standard InChI is InChI=1S/C41H57ClN8O3/c1-4-5-28-49-37-38(47(3)41(53)50(39(37)52)30-35-43-31(2)33-23-18-19-24-34(33)45-35)46-40(49)48-27-21-22-32(29-48)44-36(51)25-17-15-13-11-9-7-6-8-10-12-14-16-20-26-42/h18-19,23-24,32H,6-17,20-22,25-30H2,1-3H3,(H,44,51)/t32-/m1/s1. The molecule has 12 heteroatoms. The average molecular weight is 745 g/mol. The van der Waals surface area contributed by atoms with Gasteiger partial charge in [-0.15, -0.1) is 17.5 Å². The summed E-state index contributed by atoms with van der Waals surface area (Å²) >= 11 is 5.75. The molecule has 1 atom stereocenters. The molecule has 11 nitrogen and oxygen atoms in total. The Balaban J connectivity index is 1.18. The normalized spacial score (nSPS) is 14.5. The van der Waals surface area contributed by atoms with E-state index in [0.717, 1.165) is 61.1 Å². The number of hydrogen-bond donors (Lipinski definition) is 1. The number of hydrogen-bond acceptors (Lipinski definition) is 7. The van der Waals surface area contributed by atoms with Crippen LogP contribution in [0.4, 0.5) is 5.95 Å². The van der Waals surface area contributed by atoms with E-state index in [9.17, 15) is 14.4 Å². The second-order valence-electron chi connectivity index (χ2n) is 14.5. The van der Waals surface area contributed by atoms with Gasteiger partial charge in [0, 0.05) is 49.6 Å². The van der Waals surface area contributed by atoms with Crippen LogP contribution in [0.25, 0.3) is 22.1 Å². The van der Waals surface area contributed by atoms with Gasteiger partial charge in [0.25, 0.3) is 5.56 Å². The van der Waals surface area contributed by atoms with Crippen LogP contribution in [0.5, 0.6) is 0 Å². The number of aromatic nitrogens is 6. The molecule has 53 heavy (non-hydrogen) atoms. The van der Waals surface area contributed by atoms with Crippen molar-refractivity contribution in [3.63, 3.8) is 0 Å². The Morgan fingerprint density at radius 1 is 0.906 bits per heavy atom. The molecule has 1 amide bonds. The minimum Gasteiger partial charge on any atom is -0.352 e. The number of para-hydroxylation sites is 1. The van der Waals surface area contributed by atoms with Crippen LogP contribution in [0.2, 0.25) is 0 Å². The summed E-state index contributed by atoms with van der Waals surface area (Å²) in [7, 11) is 1.63. The summed E-state index contributed by atoms with van der Waals surface area (Å²) in [5.41, 5.74) is 1.21. The lowest BCUT2D eigenvalue weighted by Crippen LogP contribution is -2.48. The maximum Gasteiger partial charge on any atom is 0.332 e. The molecule has 0 spiro atoms. The van der Waals surface area contributed by atoms with Crippen molar-refractivity contribution < 1.29 is 4.79 Å². The molecule has 1 fully saturated rings. The van der Waals surface area contributed by atoms with Gasteiger partial charge in [0.05, 0.1) is 18.6 Å². The van der Waals surface area contributed by atoms with Crippen LogP contribution >= 0.6 is 11.6 Å². The van der Waals surface area contributed by atoms with Gasteiger partial charge in [-0.05, 0) is 45.6 Å². The molecule has 1 aliphatic rings. The fourth-order valence-electron chi connectivity index (χ4n) is 7.46. The van der Waals surface area contributed by atoms with Crippen molar-refractivity contribution in [2.24, 2.45) is 7.05 Å². The predicted octanol–water partition coefficient (Wildman–Crippen LogP) is 7.01. The second kappa shape index (κ2) is 20.3. The van der Waals surface area contributed by atoms with E-state index in [0.29, 0.717) is 35.9 Å². The van der Waals surface area contributed by atoms with Gasteiger partial charge < -0.3 is 10.2 Å². The highest BCUT2D eigenvalue weighted by atomic mass is 35.5. The van der Waals surface area contributed by atoms with Crippen molar-refractivity contribution in [1.82, 2.24) is 34.0 Å². The maximum atomic E-state index is 14.1. The van der Waals surface area contributed by atoms with Gasteiger partial charge in [-0.25, -0.2) is 14.8 Å². The fraction of sp³-hybridized carbons (Fsp3) is 0.610. The molecular formula is C41H57ClN8O3. The van der Waals surface area contributed by atoms with Crippen molar-refractivity contribution >= 4 is 45.5 Å². The summed E-state index contributed by atoms with van der Waals surface area (Å²) in [4.78, 5) is 56.9. The Morgan fingerprint density at radius 2 is 1.57 bits per heavy atom. The summed E-state index contributed by atoms with van der Waals surface area (Å²) < 4.78 is 4.41. The van der Waals surface area contributed by atoms with E-state index >= 15 is 0 Å². The second-order valence-corrected chi connectivity index (χ2v) is 14.8. The summed E-state index contributed by atoms with van der Waals surface area (Å²) in [5.74, 6) is 7.87. The molecule has 0 bridgehead atoms. The van der Waals surface area contributed by atoms with E-state index < -0.39 is 11.2 Å². The van der Waals surface area contributed by atoms with Gasteiger partial charge in [-0.3, -0.25) is 23.3 Å². The molecule has 1 aliphatic heterocycles. The molecule has 0 unspecified atom stereocenters. The number of nitrogens with one attached hydrogen (secondary N) is 1. The number of aryl methyl sites for hydroxylation is 2. The first-order valence-electron chi connectivity index (χ1n) is 19.7. The number of halogens is 1. The predicted molar refractivity (Wildman–Crippen MR) is 215 cm³/mol. The Bertz CT molecular complexity index is 2010. The SMILES string of the molecule is CC#CCn1c(N2CCC[C@@H](NC(=O)CCCCCCCCCCCCCCCCl)C2)nc2c1c(=O)n(Cc1nc(C)c3ccccc3n1)c(=O)n2C. The number of piperidine rings is 1. The van der Waals surface area contributed by atoms with Crippen LogP contribution in [0.1, 0.15) is 121 Å². The van der Waals surface area contributed by atoms with Crippen molar-refractivity contribution in [1.29, 1.82) is 0 Å². The largest absolute Gasteiger partial charge is 0.352 e. The van der Waals surface area contributed by atoms with Crippen LogP contribution in [0.3, 0.4) is 0 Å². The third kappa shape index (κ3) is 10.7. The van der Waals surface area contributed by atoms with E-state index in [-0.39, 0.29) is 25.0 Å². The van der Waals surface area contributed by atoms with Crippen LogP contribution < -0.4 is 21.5 Å². The molecule has 4 aromatic rings. The smallest absolute Gasteiger partial charge is 0.332 e. The minimum absolute atomic E-state index is 0.0316. The zero-order valence-corrected chi connectivity index (χ0v) is 32.7. The summed E-state index contributed by atoms with van der Waals surface area (Å²) in [5, 5.41) is 4.19. The molecule has 4 heterocycles. The molecule has 0 saturated carbocycles. The van der Waals surface area contributed by atoms with E-state index in [2.05, 4.69) is 32.0 Å². The van der Waals surface area contributed by atoms with E-state index in [1.807, 2.05) is 35.8 Å². The van der Waals surface area contributed by atoms with Gasteiger partial charge in [-0.1, -0.05) is 94.7 Å². The molecule has 0 radical (unpaired) electrons. The maximum absolute atomic E-state index is 14.1. The number of fused-ring (bicyclic) bond motifs is 2. The quantitative estimate of drug-likeness (QED) is 0.0588. The van der Waals surface area contributed by atoms with Crippen molar-refractivity contribution in [3.05, 3.63) is 56.6 Å². The monoisotopic (exact) mass is 744 g/mol. The van der Waals surface area contributed by atoms with Gasteiger partial charge in [0.15, 0.2) is 11.2 Å². The van der Waals surface area contributed by atoms with Gasteiger partial charge in [-0.2, -0.15) is 4.98 Å². The van der Waals surface area contributed by atoms with Crippen LogP contribution in [-0.4, -0.2) is 59.6 Å². The number of unbranched alkanes of at least 4 members (excludes halogenated alkanes) is 12. The van der Waals surface area contributed by atoms with Gasteiger partial charge >= 0.3 is 5.69 Å². The van der Waals surface area contributed by atoms with Gasteiger partial charge in [0.1, 0.15) is 5.82 Å². The minimum atomic E-state index is -0.487. The highest BCUT2D eigenvalue weighted by Crippen LogP contribution is 2.24. The number of anilines is 1. The van der Waals surface area contributed by atoms with Gasteiger partial charge in [0.2, 0.25) is 11.9 Å². The lowest BCUT2D eigenvalue weighted by atomic mass is 10.0. The number of imidazole rings is 1. The Hall–Kier alpha value is -4.17. The van der Waals surface area contributed by atoms with Crippen molar-refractivity contribution in [2.45, 2.75) is 136 Å². The number of nitrogens with zero attached hydrogens (tertiary/aromatic N) is 7. The first-order chi connectivity index (χ1) is 25.8. The number of benzene rings is 1. The summed E-state index contributed by atoms with van der Waals surface area (Å²) in [6, 6.07) is 7.66. The fourth-order valence-corrected chi connectivity index (χ4v) is 7.65. The highest BCUT2D eigenvalue weighted by molar-refractivity contribution is 6.17. The molecule has 286 valence electrons. The molecule has 1 N–H and O–H groups in total. The molecule has 0 aliphatic carbocycles. The summed E-state index contributed by atoms with van der Waals surface area (Å²) in [6.45, 7) is 5.11. The van der Waals surface area contributed by atoms with E-state index in [1.165, 1.54) is 73.3 Å². The first kappa shape index (κ1) is 40.0. The molecule has 1 aromatic carbocycles. The molecule has 5 rings (SSSR count). The topological polar surface area (TPSA) is 120 Å².